The van der Waals surface area contributed by atoms with E-state index < -0.39 is 0 Å². The summed E-state index contributed by atoms with van der Waals surface area (Å²) in [5, 5.41) is 6.96. The van der Waals surface area contributed by atoms with Gasteiger partial charge in [-0.25, -0.2) is 0 Å². The molecule has 1 aliphatic heterocycles. The van der Waals surface area contributed by atoms with E-state index in [4.69, 9.17) is 13.9 Å². The van der Waals surface area contributed by atoms with Gasteiger partial charge >= 0.3 is 0 Å². The Hall–Kier alpha value is -3.36. The highest BCUT2D eigenvalue weighted by molar-refractivity contribution is 5.99. The van der Waals surface area contributed by atoms with Gasteiger partial charge in [0, 0.05) is 44.1 Å². The molecule has 1 atom stereocenters. The van der Waals surface area contributed by atoms with Crippen LogP contribution < -0.4 is 21.0 Å². The number of hydrogen-bond donors (Lipinski definition) is 2. The summed E-state index contributed by atoms with van der Waals surface area (Å²) in [6.45, 7) is 7.60. The molecule has 0 bridgehead atoms. The van der Waals surface area contributed by atoms with E-state index in [2.05, 4.69) is 15.5 Å². The predicted octanol–water partition coefficient (Wildman–Crippen LogP) is 4.66. The highest BCUT2D eigenvalue weighted by Gasteiger charge is 2.20. The second-order valence-electron chi connectivity index (χ2n) is 9.50. The molecule has 1 saturated heterocycles. The Morgan fingerprint density at radius 2 is 1.86 bits per heavy atom. The van der Waals surface area contributed by atoms with Gasteiger partial charge in [0.05, 0.1) is 36.8 Å². The molecule has 4 rings (SSSR count). The van der Waals surface area contributed by atoms with Crippen molar-refractivity contribution in [2.75, 3.05) is 56.8 Å². The van der Waals surface area contributed by atoms with Gasteiger partial charge in [0.2, 0.25) is 0 Å². The average molecular weight is 508 g/mol. The zero-order valence-electron chi connectivity index (χ0n) is 22.0. The van der Waals surface area contributed by atoms with E-state index in [0.717, 1.165) is 37.1 Å². The van der Waals surface area contributed by atoms with Crippen LogP contribution in [0, 0.1) is 6.92 Å². The molecule has 0 saturated carbocycles. The molecule has 2 N–H and O–H groups in total. The SMILES string of the molecule is COCCOCCNC(=O)c1ccccc1N[C@H](C)c1cc(C)cc2c(=O)cc(N3CCCCC3)oc12. The number of ether oxygens (including phenoxy) is 2. The molecule has 8 nitrogen and oxygen atoms in total. The van der Waals surface area contributed by atoms with Gasteiger partial charge < -0.3 is 29.4 Å². The van der Waals surface area contributed by atoms with Crippen molar-refractivity contribution in [3.05, 3.63) is 69.4 Å². The van der Waals surface area contributed by atoms with E-state index >= 15 is 0 Å². The lowest BCUT2D eigenvalue weighted by atomic mass is 10.0. The van der Waals surface area contributed by atoms with Crippen LogP contribution in [0.15, 0.2) is 51.7 Å². The van der Waals surface area contributed by atoms with Crippen molar-refractivity contribution in [1.29, 1.82) is 0 Å². The van der Waals surface area contributed by atoms with Crippen molar-refractivity contribution in [3.63, 3.8) is 0 Å². The summed E-state index contributed by atoms with van der Waals surface area (Å²) in [5.41, 5.74) is 3.66. The molecule has 1 fully saturated rings. The van der Waals surface area contributed by atoms with Crippen LogP contribution in [0.25, 0.3) is 11.0 Å². The Bertz CT molecular complexity index is 1270. The fourth-order valence-electron chi connectivity index (χ4n) is 4.71. The molecule has 0 aliphatic carbocycles. The zero-order valence-corrected chi connectivity index (χ0v) is 22.0. The second-order valence-corrected chi connectivity index (χ2v) is 9.50. The van der Waals surface area contributed by atoms with E-state index in [1.165, 1.54) is 6.42 Å². The number of fused-ring (bicyclic) bond motifs is 1. The molecule has 198 valence electrons. The highest BCUT2D eigenvalue weighted by Crippen LogP contribution is 2.31. The smallest absolute Gasteiger partial charge is 0.253 e. The summed E-state index contributed by atoms with van der Waals surface area (Å²) >= 11 is 0. The highest BCUT2D eigenvalue weighted by atomic mass is 16.5. The molecular formula is C29H37N3O5. The normalized spacial score (nSPS) is 14.5. The summed E-state index contributed by atoms with van der Waals surface area (Å²) in [6, 6.07) is 12.7. The van der Waals surface area contributed by atoms with E-state index in [1.54, 1.807) is 19.2 Å². The minimum absolute atomic E-state index is 0.0357. The zero-order chi connectivity index (χ0) is 26.2. The molecule has 1 aromatic heterocycles. The number of anilines is 2. The van der Waals surface area contributed by atoms with Crippen molar-refractivity contribution in [1.82, 2.24) is 5.32 Å². The minimum atomic E-state index is -0.214. The second kappa shape index (κ2) is 12.7. The monoisotopic (exact) mass is 507 g/mol. The van der Waals surface area contributed by atoms with Crippen LogP contribution in [-0.2, 0) is 9.47 Å². The number of hydrogen-bond acceptors (Lipinski definition) is 7. The van der Waals surface area contributed by atoms with Crippen LogP contribution in [0.3, 0.4) is 0 Å². The number of piperidine rings is 1. The standard InChI is InChI=1S/C29H37N3O5/c1-20-17-23(28-24(18-20)26(33)19-27(37-28)32-12-7-4-8-13-32)21(2)31-25-10-6-5-9-22(25)29(34)30-11-14-36-16-15-35-3/h5-6,9-10,17-19,21,31H,4,7-8,11-16H2,1-3H3,(H,30,34)/t21-/m1/s1. The molecule has 8 heteroatoms. The molecule has 37 heavy (non-hydrogen) atoms. The number of aryl methyl sites for hydroxylation is 1. The number of rotatable bonds is 11. The molecule has 0 unspecified atom stereocenters. The maximum atomic E-state index is 13.1. The third-order valence-electron chi connectivity index (χ3n) is 6.63. The Balaban J connectivity index is 1.56. The number of carbonyl (C=O) groups is 1. The predicted molar refractivity (Wildman–Crippen MR) is 147 cm³/mol. The van der Waals surface area contributed by atoms with E-state index in [-0.39, 0.29) is 17.4 Å². The lowest BCUT2D eigenvalue weighted by Crippen LogP contribution is -2.30. The first-order chi connectivity index (χ1) is 18.0. The Kier molecular flexibility index (Phi) is 9.19. The summed E-state index contributed by atoms with van der Waals surface area (Å²) in [7, 11) is 1.62. The van der Waals surface area contributed by atoms with Gasteiger partial charge in [-0.05, 0) is 56.9 Å². The summed E-state index contributed by atoms with van der Waals surface area (Å²) in [6.07, 6.45) is 3.39. The lowest BCUT2D eigenvalue weighted by Gasteiger charge is -2.27. The van der Waals surface area contributed by atoms with Gasteiger partial charge in [-0.1, -0.05) is 18.2 Å². The third-order valence-corrected chi connectivity index (χ3v) is 6.63. The van der Waals surface area contributed by atoms with Crippen LogP contribution >= 0.6 is 0 Å². The van der Waals surface area contributed by atoms with Crippen LogP contribution in [0.4, 0.5) is 11.6 Å². The van der Waals surface area contributed by atoms with Gasteiger partial charge in [-0.2, -0.15) is 0 Å². The van der Waals surface area contributed by atoms with E-state index in [0.29, 0.717) is 54.5 Å². The first kappa shape index (κ1) is 26.7. The number of nitrogens with zero attached hydrogens (tertiary/aromatic N) is 1. The minimum Gasteiger partial charge on any atom is -0.440 e. The summed E-state index contributed by atoms with van der Waals surface area (Å²) in [4.78, 5) is 28.1. The van der Waals surface area contributed by atoms with Crippen molar-refractivity contribution in [2.45, 2.75) is 39.2 Å². The molecule has 0 radical (unpaired) electrons. The first-order valence-electron chi connectivity index (χ1n) is 13.0. The summed E-state index contributed by atoms with van der Waals surface area (Å²) < 4.78 is 16.8. The van der Waals surface area contributed by atoms with Crippen molar-refractivity contribution >= 4 is 28.4 Å². The fraction of sp³-hybridized carbons (Fsp3) is 0.448. The molecule has 2 aromatic carbocycles. The Morgan fingerprint density at radius 3 is 2.65 bits per heavy atom. The molecule has 1 aliphatic rings. The molecular weight excluding hydrogens is 470 g/mol. The Morgan fingerprint density at radius 1 is 1.08 bits per heavy atom. The van der Waals surface area contributed by atoms with Gasteiger partial charge in [0.15, 0.2) is 11.3 Å². The van der Waals surface area contributed by atoms with Gasteiger partial charge in [0.25, 0.3) is 5.91 Å². The number of benzene rings is 2. The van der Waals surface area contributed by atoms with Gasteiger partial charge in [0.1, 0.15) is 5.58 Å². The van der Waals surface area contributed by atoms with E-state index in [1.807, 2.05) is 44.2 Å². The fourth-order valence-corrected chi connectivity index (χ4v) is 4.71. The maximum absolute atomic E-state index is 13.1. The van der Waals surface area contributed by atoms with Crippen LogP contribution in [0.5, 0.6) is 0 Å². The number of carbonyl (C=O) groups excluding carboxylic acids is 1. The van der Waals surface area contributed by atoms with Crippen molar-refractivity contribution in [3.8, 4) is 0 Å². The molecule has 2 heterocycles. The lowest BCUT2D eigenvalue weighted by molar-refractivity contribution is 0.0693. The van der Waals surface area contributed by atoms with Gasteiger partial charge in [-0.15, -0.1) is 0 Å². The van der Waals surface area contributed by atoms with Crippen molar-refractivity contribution in [2.24, 2.45) is 0 Å². The average Bonchev–Trinajstić information content (AvgIpc) is 2.91. The maximum Gasteiger partial charge on any atom is 0.253 e. The van der Waals surface area contributed by atoms with Crippen LogP contribution in [-0.4, -0.2) is 52.5 Å². The van der Waals surface area contributed by atoms with E-state index in [9.17, 15) is 9.59 Å². The largest absolute Gasteiger partial charge is 0.440 e. The summed E-state index contributed by atoms with van der Waals surface area (Å²) in [5.74, 6) is 0.445. The number of nitrogens with one attached hydrogen (secondary N) is 2. The number of methoxy groups -OCH3 is 1. The topological polar surface area (TPSA) is 93.0 Å². The Labute approximate surface area is 217 Å². The quantitative estimate of drug-likeness (QED) is 0.365. The number of amides is 1. The van der Waals surface area contributed by atoms with Crippen LogP contribution in [0.2, 0.25) is 0 Å². The molecule has 3 aromatic rings. The first-order valence-corrected chi connectivity index (χ1v) is 13.0. The molecule has 0 spiro atoms. The third kappa shape index (κ3) is 6.70. The number of para-hydroxylation sites is 1. The molecule has 1 amide bonds. The van der Waals surface area contributed by atoms with Gasteiger partial charge in [-0.3, -0.25) is 9.59 Å². The van der Waals surface area contributed by atoms with Crippen LogP contribution in [0.1, 0.15) is 53.7 Å². The van der Waals surface area contributed by atoms with Crippen molar-refractivity contribution < 1.29 is 18.7 Å².